The summed E-state index contributed by atoms with van der Waals surface area (Å²) in [5.41, 5.74) is 1.28. The van der Waals surface area contributed by atoms with Crippen LogP contribution in [-0.2, 0) is 6.54 Å². The largest absolute Gasteiger partial charge is 0.438 e. The van der Waals surface area contributed by atoms with Gasteiger partial charge in [-0.1, -0.05) is 12.1 Å². The Labute approximate surface area is 147 Å². The molecule has 1 fully saturated rings. The van der Waals surface area contributed by atoms with Gasteiger partial charge >= 0.3 is 0 Å². The van der Waals surface area contributed by atoms with Gasteiger partial charge in [-0.3, -0.25) is 14.6 Å². The van der Waals surface area contributed by atoms with Crippen LogP contribution in [0.2, 0.25) is 0 Å². The number of likely N-dealkylation sites (tertiary alicyclic amines) is 1. The Bertz CT molecular complexity index is 773. The van der Waals surface area contributed by atoms with Crippen molar-refractivity contribution in [1.29, 1.82) is 0 Å². The molecule has 1 aliphatic heterocycles. The summed E-state index contributed by atoms with van der Waals surface area (Å²) in [5.74, 6) is 1.28. The van der Waals surface area contributed by atoms with E-state index in [1.807, 2.05) is 24.4 Å². The number of nitrogens with zero attached hydrogens (tertiary/aromatic N) is 5. The average molecular weight is 335 g/mol. The van der Waals surface area contributed by atoms with Crippen molar-refractivity contribution in [3.05, 3.63) is 66.9 Å². The molecule has 1 unspecified atom stereocenters. The van der Waals surface area contributed by atoms with Gasteiger partial charge in [-0.15, -0.1) is 0 Å². The van der Waals surface area contributed by atoms with E-state index >= 15 is 0 Å². The summed E-state index contributed by atoms with van der Waals surface area (Å²) in [5, 5.41) is 4.40. The van der Waals surface area contributed by atoms with E-state index in [4.69, 9.17) is 4.74 Å². The fourth-order valence-corrected chi connectivity index (χ4v) is 3.27. The predicted molar refractivity (Wildman–Crippen MR) is 94.3 cm³/mol. The lowest BCUT2D eigenvalue weighted by atomic mass is 10.0. The Balaban J connectivity index is 1.36. The van der Waals surface area contributed by atoms with Crippen molar-refractivity contribution in [1.82, 2.24) is 24.6 Å². The lowest BCUT2D eigenvalue weighted by Gasteiger charge is -2.32. The van der Waals surface area contributed by atoms with Crippen molar-refractivity contribution >= 4 is 0 Å². The van der Waals surface area contributed by atoms with Crippen LogP contribution in [0.4, 0.5) is 0 Å². The van der Waals surface area contributed by atoms with Crippen LogP contribution in [0, 0.1) is 0 Å². The topological polar surface area (TPSA) is 56.1 Å². The van der Waals surface area contributed by atoms with Crippen LogP contribution in [0.15, 0.2) is 61.3 Å². The fraction of sp³-hybridized carbons (Fsp3) is 0.316. The zero-order valence-electron chi connectivity index (χ0n) is 14.0. The molecule has 6 nitrogen and oxygen atoms in total. The van der Waals surface area contributed by atoms with E-state index in [0.29, 0.717) is 11.9 Å². The lowest BCUT2D eigenvalue weighted by Crippen LogP contribution is -2.36. The fourth-order valence-electron chi connectivity index (χ4n) is 3.27. The maximum absolute atomic E-state index is 5.69. The van der Waals surface area contributed by atoms with Crippen LogP contribution in [0.1, 0.15) is 24.4 Å². The molecule has 0 amide bonds. The third-order valence-corrected chi connectivity index (χ3v) is 4.47. The molecule has 128 valence electrons. The summed E-state index contributed by atoms with van der Waals surface area (Å²) in [6, 6.07) is 10.7. The highest BCUT2D eigenvalue weighted by molar-refractivity contribution is 5.29. The molecule has 0 spiro atoms. The molecular formula is C19H21N5O. The highest BCUT2D eigenvalue weighted by Gasteiger charge is 2.21. The van der Waals surface area contributed by atoms with Crippen LogP contribution in [0.25, 0.3) is 0 Å². The Morgan fingerprint density at radius 3 is 2.80 bits per heavy atom. The van der Waals surface area contributed by atoms with Gasteiger partial charge in [0, 0.05) is 37.9 Å². The molecule has 3 aromatic rings. The molecule has 0 radical (unpaired) electrons. The summed E-state index contributed by atoms with van der Waals surface area (Å²) in [4.78, 5) is 10.6. The van der Waals surface area contributed by atoms with Gasteiger partial charge < -0.3 is 4.74 Å². The normalized spacial score (nSPS) is 18.2. The second-order valence-electron chi connectivity index (χ2n) is 6.31. The Morgan fingerprint density at radius 1 is 1.12 bits per heavy atom. The molecule has 25 heavy (non-hydrogen) atoms. The first kappa shape index (κ1) is 15.8. The van der Waals surface area contributed by atoms with Crippen LogP contribution < -0.4 is 4.74 Å². The van der Waals surface area contributed by atoms with Crippen molar-refractivity contribution in [2.45, 2.75) is 25.4 Å². The smallest absolute Gasteiger partial charge is 0.237 e. The van der Waals surface area contributed by atoms with Crippen LogP contribution >= 0.6 is 0 Å². The first-order valence-corrected chi connectivity index (χ1v) is 8.61. The number of rotatable bonds is 5. The lowest BCUT2D eigenvalue weighted by molar-refractivity contribution is 0.163. The van der Waals surface area contributed by atoms with E-state index in [1.54, 1.807) is 18.6 Å². The third kappa shape index (κ3) is 4.03. The summed E-state index contributed by atoms with van der Waals surface area (Å²) in [6.07, 6.45) is 11.2. The quantitative estimate of drug-likeness (QED) is 0.716. The van der Waals surface area contributed by atoms with Crippen LogP contribution in [-0.4, -0.2) is 37.7 Å². The molecule has 0 aliphatic carbocycles. The number of ether oxygens (including phenoxy) is 1. The molecule has 6 heteroatoms. The van der Waals surface area contributed by atoms with Gasteiger partial charge in [0.15, 0.2) is 0 Å². The number of piperidine rings is 1. The summed E-state index contributed by atoms with van der Waals surface area (Å²) >= 11 is 0. The molecule has 2 aromatic heterocycles. The minimum atomic E-state index is 0.475. The van der Waals surface area contributed by atoms with Gasteiger partial charge in [-0.25, -0.2) is 4.98 Å². The van der Waals surface area contributed by atoms with Crippen molar-refractivity contribution < 1.29 is 4.74 Å². The molecule has 1 aliphatic rings. The first-order chi connectivity index (χ1) is 12.4. The van der Waals surface area contributed by atoms with Gasteiger partial charge in [0.1, 0.15) is 5.75 Å². The monoisotopic (exact) mass is 335 g/mol. The molecule has 3 heterocycles. The molecule has 0 bridgehead atoms. The molecular weight excluding hydrogens is 314 g/mol. The van der Waals surface area contributed by atoms with E-state index in [1.165, 1.54) is 18.4 Å². The zero-order chi connectivity index (χ0) is 16.9. The summed E-state index contributed by atoms with van der Waals surface area (Å²) in [7, 11) is 0. The van der Waals surface area contributed by atoms with E-state index in [2.05, 4.69) is 43.0 Å². The Kier molecular flexibility index (Phi) is 4.70. The number of hydrogen-bond acceptors (Lipinski definition) is 5. The second-order valence-corrected chi connectivity index (χ2v) is 6.31. The van der Waals surface area contributed by atoms with Gasteiger partial charge in [0.05, 0.1) is 12.2 Å². The van der Waals surface area contributed by atoms with Crippen molar-refractivity contribution in [2.24, 2.45) is 0 Å². The maximum atomic E-state index is 5.69. The first-order valence-electron chi connectivity index (χ1n) is 8.61. The standard InChI is InChI=1S/C19H21N5O/c1-3-17(24-12-2-8-22-24)15-23(11-1)14-16-4-6-18(7-5-16)25-19-13-20-9-10-21-19/h2,4-10,12-13,17H,1,3,11,14-15H2. The Hall–Kier alpha value is -2.73. The number of hydrogen-bond donors (Lipinski definition) is 0. The maximum Gasteiger partial charge on any atom is 0.237 e. The minimum absolute atomic E-state index is 0.475. The molecule has 0 saturated carbocycles. The van der Waals surface area contributed by atoms with Crippen molar-refractivity contribution in [3.63, 3.8) is 0 Å². The van der Waals surface area contributed by atoms with Crippen LogP contribution in [0.3, 0.4) is 0 Å². The van der Waals surface area contributed by atoms with Gasteiger partial charge in [-0.2, -0.15) is 5.10 Å². The number of aromatic nitrogens is 4. The molecule has 1 atom stereocenters. The summed E-state index contributed by atoms with van der Waals surface area (Å²) < 4.78 is 7.78. The average Bonchev–Trinajstić information content (AvgIpc) is 3.19. The predicted octanol–water partition coefficient (Wildman–Crippen LogP) is 3.30. The summed E-state index contributed by atoms with van der Waals surface area (Å²) in [6.45, 7) is 3.12. The van der Waals surface area contributed by atoms with Gasteiger partial charge in [0.25, 0.3) is 0 Å². The molecule has 1 aromatic carbocycles. The third-order valence-electron chi connectivity index (χ3n) is 4.47. The van der Waals surface area contributed by atoms with E-state index in [0.717, 1.165) is 25.4 Å². The minimum Gasteiger partial charge on any atom is -0.438 e. The molecule has 0 N–H and O–H groups in total. The van der Waals surface area contributed by atoms with E-state index < -0.39 is 0 Å². The van der Waals surface area contributed by atoms with E-state index in [9.17, 15) is 0 Å². The van der Waals surface area contributed by atoms with Gasteiger partial charge in [-0.05, 0) is 43.1 Å². The molecule has 1 saturated heterocycles. The van der Waals surface area contributed by atoms with Crippen molar-refractivity contribution in [3.8, 4) is 11.6 Å². The highest BCUT2D eigenvalue weighted by Crippen LogP contribution is 2.23. The highest BCUT2D eigenvalue weighted by atomic mass is 16.5. The van der Waals surface area contributed by atoms with Crippen LogP contribution in [0.5, 0.6) is 11.6 Å². The van der Waals surface area contributed by atoms with Crippen molar-refractivity contribution in [2.75, 3.05) is 13.1 Å². The van der Waals surface area contributed by atoms with Gasteiger partial charge in [0.2, 0.25) is 5.88 Å². The second kappa shape index (κ2) is 7.44. The zero-order valence-corrected chi connectivity index (χ0v) is 14.0. The van der Waals surface area contributed by atoms with E-state index in [-0.39, 0.29) is 0 Å². The SMILES string of the molecule is c1cnn(C2CCCN(Cc3ccc(Oc4cnccn4)cc3)C2)c1. The number of benzene rings is 1. The Morgan fingerprint density at radius 2 is 2.04 bits per heavy atom. The molecule has 4 rings (SSSR count).